The van der Waals surface area contributed by atoms with Crippen LogP contribution in [-0.2, 0) is 4.74 Å². The van der Waals surface area contributed by atoms with Crippen molar-refractivity contribution < 1.29 is 9.53 Å². The first-order valence-corrected chi connectivity index (χ1v) is 5.82. The summed E-state index contributed by atoms with van der Waals surface area (Å²) in [5.41, 5.74) is 6.37. The Hall–Kier alpha value is -0.830. The third-order valence-electron chi connectivity index (χ3n) is 3.38. The fourth-order valence-corrected chi connectivity index (χ4v) is 2.84. The number of ether oxygens (including phenoxy) is 1. The molecule has 1 heterocycles. The highest BCUT2D eigenvalue weighted by Crippen LogP contribution is 2.41. The van der Waals surface area contributed by atoms with Crippen molar-refractivity contribution in [1.29, 1.82) is 0 Å². The molecule has 0 saturated carbocycles. The van der Waals surface area contributed by atoms with Crippen LogP contribution in [0.5, 0.6) is 0 Å². The van der Waals surface area contributed by atoms with E-state index in [1.54, 1.807) is 0 Å². The lowest BCUT2D eigenvalue weighted by atomic mass is 9.90. The summed E-state index contributed by atoms with van der Waals surface area (Å²) in [6.07, 6.45) is 0. The van der Waals surface area contributed by atoms with E-state index in [-0.39, 0.29) is 11.0 Å². The Morgan fingerprint density at radius 1 is 1.00 bits per heavy atom. The van der Waals surface area contributed by atoms with Crippen molar-refractivity contribution in [2.75, 3.05) is 0 Å². The maximum atomic E-state index is 11.7. The van der Waals surface area contributed by atoms with Crippen LogP contribution in [-0.4, -0.2) is 5.97 Å². The summed E-state index contributed by atoms with van der Waals surface area (Å²) >= 11 is 3.38. The Morgan fingerprint density at radius 3 is 2.13 bits per heavy atom. The van der Waals surface area contributed by atoms with Gasteiger partial charge in [-0.3, -0.25) is 0 Å². The van der Waals surface area contributed by atoms with E-state index in [1.807, 2.05) is 20.8 Å². The molecule has 0 bridgehead atoms. The summed E-state index contributed by atoms with van der Waals surface area (Å²) < 4.78 is 5.18. The Bertz CT molecular complexity index is 463. The summed E-state index contributed by atoms with van der Waals surface area (Å²) in [5, 5.41) is -0.280. The predicted octanol–water partition coefficient (Wildman–Crippen LogP) is 3.48. The number of fused-ring (bicyclic) bond motifs is 1. The van der Waals surface area contributed by atoms with Gasteiger partial charge in [0.15, 0.2) is 5.01 Å². The summed E-state index contributed by atoms with van der Waals surface area (Å²) in [7, 11) is 0. The molecule has 1 unspecified atom stereocenters. The number of hydrogen-bond donors (Lipinski definition) is 0. The van der Waals surface area contributed by atoms with Crippen molar-refractivity contribution in [2.24, 2.45) is 0 Å². The van der Waals surface area contributed by atoms with Gasteiger partial charge in [0.25, 0.3) is 0 Å². The van der Waals surface area contributed by atoms with Gasteiger partial charge in [-0.15, -0.1) is 0 Å². The zero-order valence-electron chi connectivity index (χ0n) is 9.27. The van der Waals surface area contributed by atoms with E-state index in [0.29, 0.717) is 0 Å². The summed E-state index contributed by atoms with van der Waals surface area (Å²) in [4.78, 5) is 11.7. The monoisotopic (exact) mass is 268 g/mol. The first-order chi connectivity index (χ1) is 6.95. The minimum absolute atomic E-state index is 0.212. The molecule has 0 aromatic heterocycles. The standard InChI is InChI=1S/C12H13BrO2/c1-5-6(2)8(4)10-9(7(5)3)11(13)15-12(10)14/h11H,1-4H3. The van der Waals surface area contributed by atoms with Gasteiger partial charge in [0.05, 0.1) is 5.56 Å². The molecule has 1 aromatic carbocycles. The summed E-state index contributed by atoms with van der Waals surface area (Å²) in [6.45, 7) is 8.15. The lowest BCUT2D eigenvalue weighted by Crippen LogP contribution is -2.03. The molecule has 0 saturated heterocycles. The third-order valence-corrected chi connectivity index (χ3v) is 4.02. The second-order valence-corrected chi connectivity index (χ2v) is 4.84. The molecular formula is C12H13BrO2. The first-order valence-electron chi connectivity index (χ1n) is 4.90. The molecule has 1 aromatic rings. The van der Waals surface area contributed by atoms with E-state index >= 15 is 0 Å². The predicted molar refractivity (Wildman–Crippen MR) is 62.5 cm³/mol. The van der Waals surface area contributed by atoms with E-state index in [2.05, 4.69) is 22.9 Å². The number of carbonyl (C=O) groups is 1. The maximum absolute atomic E-state index is 11.7. The Balaban J connectivity index is 2.86. The summed E-state index contributed by atoms with van der Waals surface area (Å²) in [5.74, 6) is -0.212. The molecule has 80 valence electrons. The molecule has 1 aliphatic heterocycles. The molecule has 1 atom stereocenters. The SMILES string of the molecule is Cc1c(C)c(C)c2c(c1C)C(=O)OC2Br. The number of alkyl halides is 1. The van der Waals surface area contributed by atoms with Crippen molar-refractivity contribution in [3.63, 3.8) is 0 Å². The molecule has 2 nitrogen and oxygen atoms in total. The first kappa shape index (κ1) is 10.7. The van der Waals surface area contributed by atoms with Gasteiger partial charge in [-0.1, -0.05) is 0 Å². The summed E-state index contributed by atoms with van der Waals surface area (Å²) in [6, 6.07) is 0. The van der Waals surface area contributed by atoms with Crippen molar-refractivity contribution in [3.8, 4) is 0 Å². The van der Waals surface area contributed by atoms with Crippen LogP contribution in [0.3, 0.4) is 0 Å². The van der Waals surface area contributed by atoms with E-state index in [1.165, 1.54) is 11.1 Å². The average Bonchev–Trinajstić information content (AvgIpc) is 2.47. The molecule has 0 aliphatic carbocycles. The van der Waals surface area contributed by atoms with Gasteiger partial charge in [0, 0.05) is 5.56 Å². The van der Waals surface area contributed by atoms with Gasteiger partial charge in [0.2, 0.25) is 0 Å². The molecule has 0 amide bonds. The van der Waals surface area contributed by atoms with Crippen LogP contribution in [0.4, 0.5) is 0 Å². The van der Waals surface area contributed by atoms with Gasteiger partial charge in [-0.25, -0.2) is 4.79 Å². The van der Waals surface area contributed by atoms with Gasteiger partial charge in [-0.05, 0) is 65.9 Å². The molecule has 2 rings (SSSR count). The second-order valence-electron chi connectivity index (χ2n) is 4.01. The Labute approximate surface area is 97.8 Å². The van der Waals surface area contributed by atoms with Gasteiger partial charge >= 0.3 is 5.97 Å². The maximum Gasteiger partial charge on any atom is 0.340 e. The van der Waals surface area contributed by atoms with E-state index in [0.717, 1.165) is 22.3 Å². The molecule has 0 N–H and O–H groups in total. The molecular weight excluding hydrogens is 256 g/mol. The topological polar surface area (TPSA) is 26.3 Å². The quantitative estimate of drug-likeness (QED) is 0.532. The van der Waals surface area contributed by atoms with Gasteiger partial charge < -0.3 is 4.74 Å². The van der Waals surface area contributed by atoms with Crippen LogP contribution in [0.15, 0.2) is 0 Å². The number of rotatable bonds is 0. The third kappa shape index (κ3) is 1.33. The Morgan fingerprint density at radius 2 is 1.53 bits per heavy atom. The van der Waals surface area contributed by atoms with Crippen molar-refractivity contribution >= 4 is 21.9 Å². The van der Waals surface area contributed by atoms with E-state index < -0.39 is 0 Å². The second kappa shape index (κ2) is 3.34. The largest absolute Gasteiger partial charge is 0.442 e. The average molecular weight is 269 g/mol. The number of hydrogen-bond acceptors (Lipinski definition) is 2. The van der Waals surface area contributed by atoms with Crippen LogP contribution in [0.1, 0.15) is 43.2 Å². The highest BCUT2D eigenvalue weighted by molar-refractivity contribution is 9.09. The van der Waals surface area contributed by atoms with Crippen LogP contribution in [0.25, 0.3) is 0 Å². The highest BCUT2D eigenvalue weighted by Gasteiger charge is 2.33. The van der Waals surface area contributed by atoms with Crippen molar-refractivity contribution in [1.82, 2.24) is 0 Å². The zero-order chi connectivity index (χ0) is 11.3. The fraction of sp³-hybridized carbons (Fsp3) is 0.417. The number of cyclic esters (lactones) is 1. The van der Waals surface area contributed by atoms with Crippen LogP contribution in [0.2, 0.25) is 0 Å². The fourth-order valence-electron chi connectivity index (χ4n) is 2.10. The molecule has 0 spiro atoms. The number of esters is 1. The van der Waals surface area contributed by atoms with Crippen molar-refractivity contribution in [3.05, 3.63) is 33.4 Å². The zero-order valence-corrected chi connectivity index (χ0v) is 10.9. The lowest BCUT2D eigenvalue weighted by molar-refractivity contribution is 0.0529. The number of benzene rings is 1. The minimum atomic E-state index is -0.280. The van der Waals surface area contributed by atoms with Crippen LogP contribution < -0.4 is 0 Å². The van der Waals surface area contributed by atoms with E-state index in [9.17, 15) is 4.79 Å². The lowest BCUT2D eigenvalue weighted by Gasteiger charge is -2.13. The minimum Gasteiger partial charge on any atom is -0.442 e. The molecule has 1 aliphatic rings. The highest BCUT2D eigenvalue weighted by atomic mass is 79.9. The molecule has 0 fully saturated rings. The van der Waals surface area contributed by atoms with Gasteiger partial charge in [-0.2, -0.15) is 0 Å². The number of carbonyl (C=O) groups excluding carboxylic acids is 1. The molecule has 0 radical (unpaired) electrons. The van der Waals surface area contributed by atoms with Crippen LogP contribution >= 0.6 is 15.9 Å². The van der Waals surface area contributed by atoms with Crippen LogP contribution in [0, 0.1) is 27.7 Å². The molecule has 15 heavy (non-hydrogen) atoms. The van der Waals surface area contributed by atoms with Gasteiger partial charge in [0.1, 0.15) is 0 Å². The molecule has 3 heteroatoms. The smallest absolute Gasteiger partial charge is 0.340 e. The van der Waals surface area contributed by atoms with E-state index in [4.69, 9.17) is 4.74 Å². The number of halogens is 1. The Kier molecular flexibility index (Phi) is 2.38. The normalized spacial score (nSPS) is 19.0. The van der Waals surface area contributed by atoms with Crippen molar-refractivity contribution in [2.45, 2.75) is 32.7 Å².